The summed E-state index contributed by atoms with van der Waals surface area (Å²) in [5.41, 5.74) is 3.01. The van der Waals surface area contributed by atoms with Gasteiger partial charge in [0.2, 0.25) is 0 Å². The van der Waals surface area contributed by atoms with Crippen molar-refractivity contribution in [3.05, 3.63) is 28.8 Å². The van der Waals surface area contributed by atoms with Gasteiger partial charge < -0.3 is 10.6 Å². The highest BCUT2D eigenvalue weighted by Crippen LogP contribution is 2.48. The fraction of sp³-hybridized carbons (Fsp3) is 0.600. The van der Waals surface area contributed by atoms with Gasteiger partial charge in [-0.3, -0.25) is 0 Å². The Morgan fingerprint density at radius 1 is 1.28 bits per heavy atom. The predicted molar refractivity (Wildman–Crippen MR) is 77.4 cm³/mol. The van der Waals surface area contributed by atoms with Gasteiger partial charge >= 0.3 is 0 Å². The van der Waals surface area contributed by atoms with Gasteiger partial charge in [0, 0.05) is 16.8 Å². The molecule has 0 bridgehead atoms. The molecular formula is C15H21ClN2. The maximum atomic E-state index is 6.05. The average molecular weight is 265 g/mol. The summed E-state index contributed by atoms with van der Waals surface area (Å²) in [5, 5.41) is 7.94. The van der Waals surface area contributed by atoms with Gasteiger partial charge in [-0.15, -0.1) is 0 Å². The lowest BCUT2D eigenvalue weighted by atomic mass is 9.60. The van der Waals surface area contributed by atoms with Crippen molar-refractivity contribution in [2.24, 2.45) is 5.41 Å². The topological polar surface area (TPSA) is 24.1 Å². The molecule has 18 heavy (non-hydrogen) atoms. The summed E-state index contributed by atoms with van der Waals surface area (Å²) in [6, 6.07) is 6.88. The number of nitrogens with one attached hydrogen (secondary N) is 2. The first kappa shape index (κ1) is 12.3. The van der Waals surface area contributed by atoms with Crippen molar-refractivity contribution in [2.75, 3.05) is 18.4 Å². The van der Waals surface area contributed by atoms with Crippen molar-refractivity contribution in [3.63, 3.8) is 0 Å². The lowest BCUT2D eigenvalue weighted by molar-refractivity contribution is 0.0718. The molecule has 1 aliphatic carbocycles. The molecule has 98 valence electrons. The molecule has 0 amide bonds. The second-order valence-electron chi connectivity index (χ2n) is 5.96. The van der Waals surface area contributed by atoms with Crippen molar-refractivity contribution < 1.29 is 0 Å². The van der Waals surface area contributed by atoms with Crippen LogP contribution in [0.4, 0.5) is 5.69 Å². The second-order valence-corrected chi connectivity index (χ2v) is 6.37. The molecule has 2 fully saturated rings. The van der Waals surface area contributed by atoms with E-state index < -0.39 is 0 Å². The molecule has 2 nitrogen and oxygen atoms in total. The van der Waals surface area contributed by atoms with Crippen molar-refractivity contribution in [3.8, 4) is 0 Å². The highest BCUT2D eigenvalue weighted by Gasteiger charge is 2.44. The summed E-state index contributed by atoms with van der Waals surface area (Å²) in [4.78, 5) is 0. The van der Waals surface area contributed by atoms with E-state index in [1.54, 1.807) is 0 Å². The van der Waals surface area contributed by atoms with Crippen LogP contribution in [-0.2, 0) is 0 Å². The minimum absolute atomic E-state index is 0.643. The molecule has 2 aliphatic rings. The number of benzene rings is 1. The highest BCUT2D eigenvalue weighted by molar-refractivity contribution is 6.31. The Bertz CT molecular complexity index is 430. The van der Waals surface area contributed by atoms with Crippen LogP contribution in [0.25, 0.3) is 0 Å². The summed E-state index contributed by atoms with van der Waals surface area (Å²) in [5.74, 6) is 0. The third-order valence-electron chi connectivity index (χ3n) is 4.55. The molecule has 0 unspecified atom stereocenters. The van der Waals surface area contributed by atoms with E-state index in [0.29, 0.717) is 11.5 Å². The van der Waals surface area contributed by atoms with Crippen molar-refractivity contribution in [1.29, 1.82) is 0 Å². The van der Waals surface area contributed by atoms with Crippen molar-refractivity contribution in [1.82, 2.24) is 5.32 Å². The Hall–Kier alpha value is -0.730. The summed E-state index contributed by atoms with van der Waals surface area (Å²) in [6.45, 7) is 4.46. The van der Waals surface area contributed by atoms with E-state index in [4.69, 9.17) is 11.6 Å². The van der Waals surface area contributed by atoms with Gasteiger partial charge in [-0.25, -0.2) is 0 Å². The van der Waals surface area contributed by atoms with E-state index in [1.165, 1.54) is 44.5 Å². The fourth-order valence-corrected chi connectivity index (χ4v) is 3.54. The zero-order valence-electron chi connectivity index (χ0n) is 10.9. The van der Waals surface area contributed by atoms with Crippen LogP contribution < -0.4 is 10.6 Å². The number of piperidine rings is 1. The van der Waals surface area contributed by atoms with Gasteiger partial charge in [-0.2, -0.15) is 0 Å². The number of rotatable bonds is 2. The highest BCUT2D eigenvalue weighted by atomic mass is 35.5. The minimum Gasteiger partial charge on any atom is -0.382 e. The van der Waals surface area contributed by atoms with Gasteiger partial charge in [-0.05, 0) is 74.9 Å². The first-order valence-corrected chi connectivity index (χ1v) is 7.28. The Kier molecular flexibility index (Phi) is 3.25. The van der Waals surface area contributed by atoms with Crippen molar-refractivity contribution in [2.45, 2.75) is 38.6 Å². The molecule has 1 saturated heterocycles. The first-order chi connectivity index (χ1) is 8.67. The van der Waals surface area contributed by atoms with Gasteiger partial charge in [0.25, 0.3) is 0 Å². The van der Waals surface area contributed by atoms with Gasteiger partial charge in [0.1, 0.15) is 0 Å². The Morgan fingerprint density at radius 2 is 2.00 bits per heavy atom. The van der Waals surface area contributed by atoms with Crippen LogP contribution in [0.2, 0.25) is 5.02 Å². The summed E-state index contributed by atoms with van der Waals surface area (Å²) >= 11 is 6.05. The molecule has 2 N–H and O–H groups in total. The van der Waals surface area contributed by atoms with Crippen LogP contribution in [0, 0.1) is 12.3 Å². The SMILES string of the molecule is Cc1cc(NC2CC3(CCNCC3)C2)ccc1Cl. The van der Waals surface area contributed by atoms with E-state index in [0.717, 1.165) is 10.6 Å². The van der Waals surface area contributed by atoms with Crippen LogP contribution >= 0.6 is 11.6 Å². The Balaban J connectivity index is 1.57. The van der Waals surface area contributed by atoms with Crippen LogP contribution in [0.1, 0.15) is 31.2 Å². The molecule has 1 aliphatic heterocycles. The molecule has 1 aromatic rings. The lowest BCUT2D eigenvalue weighted by Gasteiger charge is -2.50. The molecule has 1 aromatic carbocycles. The van der Waals surface area contributed by atoms with E-state index >= 15 is 0 Å². The first-order valence-electron chi connectivity index (χ1n) is 6.90. The normalized spacial score (nSPS) is 22.8. The molecule has 0 aromatic heterocycles. The number of hydrogen-bond acceptors (Lipinski definition) is 2. The molecule has 3 heteroatoms. The number of aryl methyl sites for hydroxylation is 1. The fourth-order valence-electron chi connectivity index (χ4n) is 3.42. The molecule has 3 rings (SSSR count). The molecule has 1 heterocycles. The maximum Gasteiger partial charge on any atom is 0.0436 e. The third-order valence-corrected chi connectivity index (χ3v) is 4.98. The largest absolute Gasteiger partial charge is 0.382 e. The standard InChI is InChI=1S/C15H21ClN2/c1-11-8-12(2-3-14(11)16)18-13-9-15(10-13)4-6-17-7-5-15/h2-3,8,13,17-18H,4-7,9-10H2,1H3. The number of hydrogen-bond donors (Lipinski definition) is 2. The zero-order valence-corrected chi connectivity index (χ0v) is 11.7. The Morgan fingerprint density at radius 3 is 2.67 bits per heavy atom. The average Bonchev–Trinajstić information content (AvgIpc) is 2.33. The van der Waals surface area contributed by atoms with Gasteiger partial charge in [-0.1, -0.05) is 11.6 Å². The Labute approximate surface area is 114 Å². The molecule has 1 spiro atoms. The van der Waals surface area contributed by atoms with E-state index in [1.807, 2.05) is 6.07 Å². The van der Waals surface area contributed by atoms with Gasteiger partial charge in [0.05, 0.1) is 0 Å². The lowest BCUT2D eigenvalue weighted by Crippen LogP contribution is -2.50. The van der Waals surface area contributed by atoms with E-state index in [9.17, 15) is 0 Å². The third kappa shape index (κ3) is 2.36. The van der Waals surface area contributed by atoms with Crippen LogP contribution in [0.5, 0.6) is 0 Å². The van der Waals surface area contributed by atoms with Crippen molar-refractivity contribution >= 4 is 17.3 Å². The smallest absolute Gasteiger partial charge is 0.0436 e. The van der Waals surface area contributed by atoms with Crippen LogP contribution in [0.15, 0.2) is 18.2 Å². The molecular weight excluding hydrogens is 244 g/mol. The number of halogens is 1. The summed E-state index contributed by atoms with van der Waals surface area (Å²) in [6.07, 6.45) is 5.36. The number of anilines is 1. The van der Waals surface area contributed by atoms with E-state index in [-0.39, 0.29) is 0 Å². The zero-order chi connectivity index (χ0) is 12.6. The quantitative estimate of drug-likeness (QED) is 0.853. The summed E-state index contributed by atoms with van der Waals surface area (Å²) < 4.78 is 0. The predicted octanol–water partition coefficient (Wildman–Crippen LogP) is 3.59. The monoisotopic (exact) mass is 264 g/mol. The maximum absolute atomic E-state index is 6.05. The van der Waals surface area contributed by atoms with Crippen LogP contribution in [-0.4, -0.2) is 19.1 Å². The minimum atomic E-state index is 0.643. The van der Waals surface area contributed by atoms with Crippen LogP contribution in [0.3, 0.4) is 0 Å². The molecule has 0 atom stereocenters. The molecule has 0 radical (unpaired) electrons. The van der Waals surface area contributed by atoms with E-state index in [2.05, 4.69) is 29.7 Å². The summed E-state index contributed by atoms with van der Waals surface area (Å²) in [7, 11) is 0. The molecule has 1 saturated carbocycles. The van der Waals surface area contributed by atoms with Gasteiger partial charge in [0.15, 0.2) is 0 Å². The second kappa shape index (κ2) is 4.75.